The average molecular weight is 278 g/mol. The van der Waals surface area contributed by atoms with Crippen LogP contribution in [0.5, 0.6) is 0 Å². The van der Waals surface area contributed by atoms with E-state index in [1.165, 1.54) is 36.8 Å². The van der Waals surface area contributed by atoms with Gasteiger partial charge in [0.2, 0.25) is 0 Å². The van der Waals surface area contributed by atoms with Gasteiger partial charge in [0.05, 0.1) is 0 Å². The summed E-state index contributed by atoms with van der Waals surface area (Å²) in [5.41, 5.74) is 2.93. The Labute approximate surface area is 121 Å². The number of benzene rings is 1. The quantitative estimate of drug-likeness (QED) is 0.872. The van der Waals surface area contributed by atoms with Gasteiger partial charge in [0.15, 0.2) is 0 Å². The average Bonchev–Trinajstić information content (AvgIpc) is 2.93. The van der Waals surface area contributed by atoms with Crippen LogP contribution in [0.4, 0.5) is 0 Å². The monoisotopic (exact) mass is 277 g/mol. The third kappa shape index (κ3) is 2.68. The Hall–Kier alpha value is -0.530. The van der Waals surface area contributed by atoms with Crippen LogP contribution in [0, 0.1) is 11.8 Å². The summed E-state index contributed by atoms with van der Waals surface area (Å²) in [7, 11) is 0. The molecule has 0 aromatic heterocycles. The SMILES string of the molecule is CCC1CCC(NC2Cc3ccc(Cl)cc3C2)C1C. The van der Waals surface area contributed by atoms with Gasteiger partial charge in [0.25, 0.3) is 0 Å². The van der Waals surface area contributed by atoms with Crippen molar-refractivity contribution in [1.29, 1.82) is 0 Å². The van der Waals surface area contributed by atoms with Gasteiger partial charge in [-0.15, -0.1) is 0 Å². The minimum absolute atomic E-state index is 0.622. The Morgan fingerprint density at radius 2 is 2.00 bits per heavy atom. The second kappa shape index (κ2) is 5.46. The highest BCUT2D eigenvalue weighted by molar-refractivity contribution is 6.30. The maximum atomic E-state index is 6.08. The lowest BCUT2D eigenvalue weighted by molar-refractivity contribution is 0.322. The molecule has 19 heavy (non-hydrogen) atoms. The minimum atomic E-state index is 0.622. The van der Waals surface area contributed by atoms with Gasteiger partial charge in [0.1, 0.15) is 0 Å². The van der Waals surface area contributed by atoms with Crippen molar-refractivity contribution in [1.82, 2.24) is 5.32 Å². The highest BCUT2D eigenvalue weighted by Gasteiger charge is 2.33. The molecule has 1 N–H and O–H groups in total. The zero-order valence-corrected chi connectivity index (χ0v) is 12.7. The van der Waals surface area contributed by atoms with Crippen LogP contribution in [0.15, 0.2) is 18.2 Å². The number of rotatable bonds is 3. The first-order valence-corrected chi connectivity index (χ1v) is 8.08. The van der Waals surface area contributed by atoms with Gasteiger partial charge < -0.3 is 5.32 Å². The van der Waals surface area contributed by atoms with E-state index in [9.17, 15) is 0 Å². The molecule has 0 aliphatic heterocycles. The molecule has 4 atom stereocenters. The maximum absolute atomic E-state index is 6.08. The topological polar surface area (TPSA) is 12.0 Å². The zero-order chi connectivity index (χ0) is 13.4. The molecule has 0 heterocycles. The second-order valence-electron chi connectivity index (χ2n) is 6.40. The van der Waals surface area contributed by atoms with Crippen molar-refractivity contribution >= 4 is 11.6 Å². The Morgan fingerprint density at radius 3 is 2.74 bits per heavy atom. The Morgan fingerprint density at radius 1 is 1.21 bits per heavy atom. The van der Waals surface area contributed by atoms with Crippen molar-refractivity contribution in [2.24, 2.45) is 11.8 Å². The molecule has 1 saturated carbocycles. The van der Waals surface area contributed by atoms with E-state index < -0.39 is 0 Å². The number of nitrogens with one attached hydrogen (secondary N) is 1. The Bertz CT molecular complexity index is 457. The molecule has 104 valence electrons. The molecular weight excluding hydrogens is 254 g/mol. The molecule has 2 heteroatoms. The van der Waals surface area contributed by atoms with E-state index in [0.717, 1.165) is 29.3 Å². The predicted octanol–water partition coefficient (Wildman–Crippen LogP) is 4.22. The largest absolute Gasteiger partial charge is 0.310 e. The normalized spacial score (nSPS) is 33.6. The highest BCUT2D eigenvalue weighted by Crippen LogP contribution is 2.35. The fourth-order valence-electron chi connectivity index (χ4n) is 4.07. The summed E-state index contributed by atoms with van der Waals surface area (Å²) in [4.78, 5) is 0. The molecule has 2 aliphatic carbocycles. The van der Waals surface area contributed by atoms with Crippen molar-refractivity contribution < 1.29 is 0 Å². The van der Waals surface area contributed by atoms with Crippen LogP contribution >= 0.6 is 11.6 Å². The van der Waals surface area contributed by atoms with E-state index in [1.54, 1.807) is 0 Å². The van der Waals surface area contributed by atoms with Gasteiger partial charge in [-0.3, -0.25) is 0 Å². The van der Waals surface area contributed by atoms with E-state index in [-0.39, 0.29) is 0 Å². The van der Waals surface area contributed by atoms with E-state index in [2.05, 4.69) is 31.3 Å². The standard InChI is InChI=1S/C17H24ClN/c1-3-12-5-7-17(11(12)2)19-16-9-13-4-6-15(18)8-14(13)10-16/h4,6,8,11-12,16-17,19H,3,5,7,9-10H2,1-2H3. The lowest BCUT2D eigenvalue weighted by Crippen LogP contribution is -2.41. The molecule has 1 nitrogen and oxygen atoms in total. The van der Waals surface area contributed by atoms with Crippen molar-refractivity contribution in [3.63, 3.8) is 0 Å². The van der Waals surface area contributed by atoms with Crippen molar-refractivity contribution in [2.45, 2.75) is 58.0 Å². The lowest BCUT2D eigenvalue weighted by atomic mass is 9.93. The van der Waals surface area contributed by atoms with Crippen molar-refractivity contribution in [3.8, 4) is 0 Å². The third-order valence-electron chi connectivity index (χ3n) is 5.30. The second-order valence-corrected chi connectivity index (χ2v) is 6.83. The molecule has 1 fully saturated rings. The van der Waals surface area contributed by atoms with Gasteiger partial charge in [-0.25, -0.2) is 0 Å². The van der Waals surface area contributed by atoms with E-state index in [4.69, 9.17) is 11.6 Å². The summed E-state index contributed by atoms with van der Waals surface area (Å²) in [5.74, 6) is 1.76. The molecule has 3 rings (SSSR count). The number of halogens is 1. The van der Waals surface area contributed by atoms with Crippen LogP contribution in [-0.4, -0.2) is 12.1 Å². The third-order valence-corrected chi connectivity index (χ3v) is 5.54. The van der Waals surface area contributed by atoms with Gasteiger partial charge in [0, 0.05) is 17.1 Å². The smallest absolute Gasteiger partial charge is 0.0408 e. The number of hydrogen-bond donors (Lipinski definition) is 1. The molecule has 0 radical (unpaired) electrons. The zero-order valence-electron chi connectivity index (χ0n) is 12.0. The van der Waals surface area contributed by atoms with Crippen LogP contribution in [-0.2, 0) is 12.8 Å². The van der Waals surface area contributed by atoms with Crippen LogP contribution < -0.4 is 5.32 Å². The van der Waals surface area contributed by atoms with Crippen molar-refractivity contribution in [3.05, 3.63) is 34.3 Å². The first kappa shape index (κ1) is 13.5. The fraction of sp³-hybridized carbons (Fsp3) is 0.647. The van der Waals surface area contributed by atoms with E-state index in [0.29, 0.717) is 6.04 Å². The van der Waals surface area contributed by atoms with Crippen LogP contribution in [0.25, 0.3) is 0 Å². The summed E-state index contributed by atoms with van der Waals surface area (Å²) in [6, 6.07) is 7.71. The van der Waals surface area contributed by atoms with Crippen molar-refractivity contribution in [2.75, 3.05) is 0 Å². The molecule has 0 saturated heterocycles. The maximum Gasteiger partial charge on any atom is 0.0408 e. The lowest BCUT2D eigenvalue weighted by Gasteiger charge is -2.24. The van der Waals surface area contributed by atoms with Gasteiger partial charge in [-0.1, -0.05) is 37.9 Å². The summed E-state index contributed by atoms with van der Waals surface area (Å²) >= 11 is 6.08. The summed E-state index contributed by atoms with van der Waals surface area (Å²) < 4.78 is 0. The highest BCUT2D eigenvalue weighted by atomic mass is 35.5. The van der Waals surface area contributed by atoms with E-state index in [1.807, 2.05) is 6.07 Å². The van der Waals surface area contributed by atoms with Crippen LogP contribution in [0.1, 0.15) is 44.2 Å². The summed E-state index contributed by atoms with van der Waals surface area (Å²) in [5, 5.41) is 4.79. The van der Waals surface area contributed by atoms with Gasteiger partial charge in [-0.05, 0) is 60.8 Å². The minimum Gasteiger partial charge on any atom is -0.310 e. The first-order chi connectivity index (χ1) is 9.17. The molecule has 0 spiro atoms. The molecule has 1 aromatic carbocycles. The molecule has 2 aliphatic rings. The molecule has 1 aromatic rings. The van der Waals surface area contributed by atoms with Gasteiger partial charge in [-0.2, -0.15) is 0 Å². The molecule has 0 bridgehead atoms. The molecule has 4 unspecified atom stereocenters. The molecule has 0 amide bonds. The van der Waals surface area contributed by atoms with Crippen LogP contribution in [0.2, 0.25) is 5.02 Å². The summed E-state index contributed by atoms with van der Waals surface area (Å²) in [6.45, 7) is 4.76. The van der Waals surface area contributed by atoms with Gasteiger partial charge >= 0.3 is 0 Å². The Balaban J connectivity index is 1.62. The van der Waals surface area contributed by atoms with Crippen LogP contribution in [0.3, 0.4) is 0 Å². The number of fused-ring (bicyclic) bond motifs is 1. The first-order valence-electron chi connectivity index (χ1n) is 7.70. The Kier molecular flexibility index (Phi) is 3.86. The predicted molar refractivity (Wildman–Crippen MR) is 81.8 cm³/mol. The number of hydrogen-bond acceptors (Lipinski definition) is 1. The summed E-state index contributed by atoms with van der Waals surface area (Å²) in [6.07, 6.45) is 6.41. The van der Waals surface area contributed by atoms with E-state index >= 15 is 0 Å². The fourth-order valence-corrected chi connectivity index (χ4v) is 4.26. The molecular formula is C17H24ClN.